The van der Waals surface area contributed by atoms with Crippen LogP contribution in [0.25, 0.3) is 0 Å². The molecule has 0 aromatic heterocycles. The number of hydrogen-bond donors (Lipinski definition) is 1. The SMILES string of the molecule is OC[C@H]1OCCS1. The third kappa shape index (κ3) is 1.33. The Balaban J connectivity index is 2.14. The first-order valence-electron chi connectivity index (χ1n) is 2.27. The molecular weight excluding hydrogens is 112 g/mol. The lowest BCUT2D eigenvalue weighted by atomic mass is 10.7. The van der Waals surface area contributed by atoms with Crippen molar-refractivity contribution in [3.05, 3.63) is 0 Å². The molecule has 0 spiro atoms. The summed E-state index contributed by atoms with van der Waals surface area (Å²) in [4.78, 5) is 0. The Morgan fingerprint density at radius 3 is 3.00 bits per heavy atom. The third-order valence-corrected chi connectivity index (χ3v) is 1.90. The van der Waals surface area contributed by atoms with E-state index in [2.05, 4.69) is 0 Å². The smallest absolute Gasteiger partial charge is 0.126 e. The van der Waals surface area contributed by atoms with Crippen LogP contribution >= 0.6 is 11.8 Å². The van der Waals surface area contributed by atoms with Crippen LogP contribution in [0.15, 0.2) is 0 Å². The summed E-state index contributed by atoms with van der Waals surface area (Å²) < 4.78 is 5.02. The summed E-state index contributed by atoms with van der Waals surface area (Å²) in [6, 6.07) is 0. The van der Waals surface area contributed by atoms with Gasteiger partial charge in [0, 0.05) is 5.75 Å². The third-order valence-electron chi connectivity index (χ3n) is 0.840. The Hall–Kier alpha value is 0.270. The quantitative estimate of drug-likeness (QED) is 0.531. The van der Waals surface area contributed by atoms with E-state index in [-0.39, 0.29) is 12.0 Å². The van der Waals surface area contributed by atoms with Crippen LogP contribution in [0.1, 0.15) is 0 Å². The molecule has 1 saturated heterocycles. The molecule has 1 aliphatic heterocycles. The van der Waals surface area contributed by atoms with Crippen molar-refractivity contribution >= 4 is 11.8 Å². The van der Waals surface area contributed by atoms with E-state index in [1.165, 1.54) is 0 Å². The van der Waals surface area contributed by atoms with Crippen LogP contribution in [-0.4, -0.2) is 29.5 Å². The van der Waals surface area contributed by atoms with Crippen LogP contribution in [-0.2, 0) is 4.74 Å². The molecule has 0 aromatic carbocycles. The van der Waals surface area contributed by atoms with Crippen molar-refractivity contribution in [2.24, 2.45) is 0 Å². The molecule has 1 fully saturated rings. The van der Waals surface area contributed by atoms with Gasteiger partial charge in [0.25, 0.3) is 0 Å². The van der Waals surface area contributed by atoms with Crippen LogP contribution in [0, 0.1) is 0 Å². The number of ether oxygens (including phenoxy) is 1. The minimum atomic E-state index is 0.0694. The van der Waals surface area contributed by atoms with Crippen molar-refractivity contribution in [3.63, 3.8) is 0 Å². The molecule has 1 atom stereocenters. The first kappa shape index (κ1) is 5.41. The summed E-state index contributed by atoms with van der Waals surface area (Å²) in [6.45, 7) is 0.959. The van der Waals surface area contributed by atoms with Gasteiger partial charge in [-0.2, -0.15) is 0 Å². The van der Waals surface area contributed by atoms with E-state index in [0.29, 0.717) is 0 Å². The Morgan fingerprint density at radius 1 is 1.86 bits per heavy atom. The van der Waals surface area contributed by atoms with E-state index in [0.717, 1.165) is 12.4 Å². The molecule has 0 bridgehead atoms. The van der Waals surface area contributed by atoms with E-state index >= 15 is 0 Å². The predicted octanol–water partition coefficient (Wildman–Crippen LogP) is 0.0682. The lowest BCUT2D eigenvalue weighted by molar-refractivity contribution is 0.0918. The molecule has 3 heteroatoms. The maximum Gasteiger partial charge on any atom is 0.126 e. The number of aliphatic hydroxyl groups excluding tert-OH is 1. The van der Waals surface area contributed by atoms with E-state index < -0.39 is 0 Å². The molecule has 42 valence electrons. The van der Waals surface area contributed by atoms with Crippen molar-refractivity contribution < 1.29 is 9.84 Å². The summed E-state index contributed by atoms with van der Waals surface area (Å²) >= 11 is 1.67. The second kappa shape index (κ2) is 2.55. The van der Waals surface area contributed by atoms with Gasteiger partial charge in [0.2, 0.25) is 0 Å². The molecule has 0 radical (unpaired) electrons. The van der Waals surface area contributed by atoms with Crippen LogP contribution in [0.4, 0.5) is 0 Å². The Bertz CT molecular complexity index is 51.7. The van der Waals surface area contributed by atoms with Crippen molar-refractivity contribution in [2.75, 3.05) is 19.0 Å². The van der Waals surface area contributed by atoms with Crippen molar-refractivity contribution in [3.8, 4) is 0 Å². The molecule has 2 nitrogen and oxygen atoms in total. The van der Waals surface area contributed by atoms with Gasteiger partial charge in [-0.1, -0.05) is 0 Å². The van der Waals surface area contributed by atoms with Crippen LogP contribution in [0.2, 0.25) is 0 Å². The molecular formula is C4H8O2S. The number of thioether (sulfide) groups is 1. The van der Waals surface area contributed by atoms with Gasteiger partial charge < -0.3 is 9.84 Å². The molecule has 1 N–H and O–H groups in total. The highest BCUT2D eigenvalue weighted by Crippen LogP contribution is 2.17. The maximum absolute atomic E-state index is 8.42. The van der Waals surface area contributed by atoms with Gasteiger partial charge >= 0.3 is 0 Å². The largest absolute Gasteiger partial charge is 0.393 e. The maximum atomic E-state index is 8.42. The normalized spacial score (nSPS) is 31.3. The number of aliphatic hydroxyl groups is 1. The fraction of sp³-hybridized carbons (Fsp3) is 1.00. The van der Waals surface area contributed by atoms with E-state index in [1.807, 2.05) is 0 Å². The first-order valence-corrected chi connectivity index (χ1v) is 3.32. The van der Waals surface area contributed by atoms with Crippen molar-refractivity contribution in [1.82, 2.24) is 0 Å². The van der Waals surface area contributed by atoms with Crippen molar-refractivity contribution in [1.29, 1.82) is 0 Å². The fourth-order valence-electron chi connectivity index (χ4n) is 0.513. The first-order chi connectivity index (χ1) is 3.43. The van der Waals surface area contributed by atoms with Gasteiger partial charge in [0.05, 0.1) is 13.2 Å². The topological polar surface area (TPSA) is 29.5 Å². The molecule has 1 aliphatic rings. The molecule has 0 amide bonds. The molecule has 7 heavy (non-hydrogen) atoms. The van der Waals surface area contributed by atoms with E-state index in [9.17, 15) is 0 Å². The van der Waals surface area contributed by atoms with Crippen LogP contribution in [0.5, 0.6) is 0 Å². The summed E-state index contributed by atoms with van der Waals surface area (Å²) in [5, 5.41) is 8.42. The average molecular weight is 120 g/mol. The average Bonchev–Trinajstić information content (AvgIpc) is 2.14. The van der Waals surface area contributed by atoms with E-state index in [1.54, 1.807) is 11.8 Å². The standard InChI is InChI=1S/C4H8O2S/c5-3-4-6-1-2-7-4/h4-5H,1-3H2/t4-/m0/s1. The predicted molar refractivity (Wildman–Crippen MR) is 29.3 cm³/mol. The van der Waals surface area contributed by atoms with Gasteiger partial charge in [-0.15, -0.1) is 11.8 Å². The zero-order valence-corrected chi connectivity index (χ0v) is 4.78. The van der Waals surface area contributed by atoms with Gasteiger partial charge in [0.1, 0.15) is 5.44 Å². The summed E-state index contributed by atoms with van der Waals surface area (Å²) in [5.74, 6) is 1.03. The highest BCUT2D eigenvalue weighted by Gasteiger charge is 2.13. The summed E-state index contributed by atoms with van der Waals surface area (Å²) in [7, 11) is 0. The van der Waals surface area contributed by atoms with Gasteiger partial charge in [-0.3, -0.25) is 0 Å². The van der Waals surface area contributed by atoms with Crippen molar-refractivity contribution in [2.45, 2.75) is 5.44 Å². The summed E-state index contributed by atoms with van der Waals surface area (Å²) in [6.07, 6.45) is 0. The molecule has 1 heterocycles. The Labute approximate surface area is 46.9 Å². The molecule has 1 rings (SSSR count). The highest BCUT2D eigenvalue weighted by atomic mass is 32.2. The molecule has 0 aromatic rings. The highest BCUT2D eigenvalue weighted by molar-refractivity contribution is 8.00. The molecule has 0 saturated carbocycles. The fourth-order valence-corrected chi connectivity index (χ4v) is 1.27. The summed E-state index contributed by atoms with van der Waals surface area (Å²) in [5.41, 5.74) is 0.0694. The van der Waals surface area contributed by atoms with Gasteiger partial charge in [-0.05, 0) is 0 Å². The Morgan fingerprint density at radius 2 is 2.71 bits per heavy atom. The Kier molecular flexibility index (Phi) is 1.97. The van der Waals surface area contributed by atoms with E-state index in [4.69, 9.17) is 9.84 Å². The zero-order chi connectivity index (χ0) is 5.11. The number of rotatable bonds is 1. The second-order valence-electron chi connectivity index (χ2n) is 1.35. The molecule has 0 unspecified atom stereocenters. The molecule has 0 aliphatic carbocycles. The monoisotopic (exact) mass is 120 g/mol. The zero-order valence-electron chi connectivity index (χ0n) is 3.96. The minimum absolute atomic E-state index is 0.0694. The van der Waals surface area contributed by atoms with Crippen LogP contribution < -0.4 is 0 Å². The lowest BCUT2D eigenvalue weighted by Gasteiger charge is -1.99. The van der Waals surface area contributed by atoms with Gasteiger partial charge in [-0.25, -0.2) is 0 Å². The second-order valence-corrected chi connectivity index (χ2v) is 2.62. The van der Waals surface area contributed by atoms with Gasteiger partial charge in [0.15, 0.2) is 0 Å². The minimum Gasteiger partial charge on any atom is -0.393 e. The lowest BCUT2D eigenvalue weighted by Crippen LogP contribution is -2.05. The van der Waals surface area contributed by atoms with Crippen LogP contribution in [0.3, 0.4) is 0 Å². The number of hydrogen-bond acceptors (Lipinski definition) is 3.